The maximum atomic E-state index is 9.91. The summed E-state index contributed by atoms with van der Waals surface area (Å²) in [6.45, 7) is 0.434. The predicted molar refractivity (Wildman–Crippen MR) is 77.4 cm³/mol. The molecule has 1 unspecified atom stereocenters. The van der Waals surface area contributed by atoms with Crippen LogP contribution in [0.1, 0.15) is 11.7 Å². The van der Waals surface area contributed by atoms with Crippen LogP contribution in [0.25, 0.3) is 0 Å². The highest BCUT2D eigenvalue weighted by Gasteiger charge is 2.09. The maximum Gasteiger partial charge on any atom is 0.140 e. The molecule has 90 valence electrons. The summed E-state index contributed by atoms with van der Waals surface area (Å²) in [5.74, 6) is 0.725. The average molecular weight is 378 g/mol. The quantitative estimate of drug-likeness (QED) is 0.851. The Morgan fingerprint density at radius 3 is 2.94 bits per heavy atom. The highest BCUT2D eigenvalue weighted by molar-refractivity contribution is 9.11. The molecule has 0 bridgehead atoms. The largest absolute Gasteiger partial charge is 0.387 e. The van der Waals surface area contributed by atoms with Crippen LogP contribution in [0.15, 0.2) is 38.0 Å². The molecule has 1 atom stereocenters. The van der Waals surface area contributed by atoms with E-state index in [1.807, 2.05) is 22.9 Å². The zero-order valence-corrected chi connectivity index (χ0v) is 12.7. The maximum absolute atomic E-state index is 9.91. The average Bonchev–Trinajstić information content (AvgIpc) is 2.81. The second-order valence-corrected chi connectivity index (χ2v) is 5.99. The van der Waals surface area contributed by atoms with E-state index in [1.165, 1.54) is 0 Å². The van der Waals surface area contributed by atoms with E-state index in [9.17, 15) is 5.11 Å². The molecule has 0 fully saturated rings. The van der Waals surface area contributed by atoms with E-state index in [2.05, 4.69) is 42.2 Å². The number of aliphatic hydroxyl groups excluding tert-OH is 1. The topological polar surface area (TPSA) is 45.1 Å². The molecule has 2 aromatic heterocycles. The molecular formula is C11H10Br2N2OS. The lowest BCUT2D eigenvalue weighted by molar-refractivity contribution is 0.192. The van der Waals surface area contributed by atoms with Crippen LogP contribution in [0.4, 0.5) is 5.82 Å². The Morgan fingerprint density at radius 1 is 1.47 bits per heavy atom. The van der Waals surface area contributed by atoms with Gasteiger partial charge >= 0.3 is 0 Å². The Bertz CT molecular complexity index is 490. The van der Waals surface area contributed by atoms with E-state index >= 15 is 0 Å². The van der Waals surface area contributed by atoms with Crippen molar-refractivity contribution < 1.29 is 5.11 Å². The van der Waals surface area contributed by atoms with Crippen LogP contribution >= 0.6 is 43.2 Å². The van der Waals surface area contributed by atoms with Gasteiger partial charge in [-0.1, -0.05) is 0 Å². The number of hydrogen-bond donors (Lipinski definition) is 2. The summed E-state index contributed by atoms with van der Waals surface area (Å²) in [5, 5.41) is 16.9. The van der Waals surface area contributed by atoms with Crippen molar-refractivity contribution in [3.05, 3.63) is 43.6 Å². The lowest BCUT2D eigenvalue weighted by Gasteiger charge is -2.12. The summed E-state index contributed by atoms with van der Waals surface area (Å²) in [6, 6.07) is 3.83. The molecule has 0 aliphatic carbocycles. The number of halogens is 2. The van der Waals surface area contributed by atoms with Crippen molar-refractivity contribution in [3.63, 3.8) is 0 Å². The van der Waals surface area contributed by atoms with Gasteiger partial charge in [0.2, 0.25) is 0 Å². The molecule has 2 heterocycles. The van der Waals surface area contributed by atoms with Crippen LogP contribution in [0.3, 0.4) is 0 Å². The van der Waals surface area contributed by atoms with Gasteiger partial charge in [-0.3, -0.25) is 0 Å². The van der Waals surface area contributed by atoms with Crippen LogP contribution in [0.2, 0.25) is 0 Å². The number of rotatable bonds is 4. The zero-order valence-electron chi connectivity index (χ0n) is 8.73. The van der Waals surface area contributed by atoms with E-state index in [-0.39, 0.29) is 0 Å². The molecule has 0 spiro atoms. The first-order valence-corrected chi connectivity index (χ1v) is 7.45. The van der Waals surface area contributed by atoms with Gasteiger partial charge in [0.1, 0.15) is 5.82 Å². The van der Waals surface area contributed by atoms with Crippen molar-refractivity contribution in [3.8, 4) is 0 Å². The van der Waals surface area contributed by atoms with E-state index in [0.717, 1.165) is 20.3 Å². The van der Waals surface area contributed by atoms with Gasteiger partial charge in [-0.15, -0.1) is 0 Å². The van der Waals surface area contributed by atoms with Crippen molar-refractivity contribution in [2.45, 2.75) is 6.10 Å². The molecule has 0 aliphatic rings. The van der Waals surface area contributed by atoms with Gasteiger partial charge in [0.05, 0.1) is 10.6 Å². The van der Waals surface area contributed by atoms with Crippen molar-refractivity contribution in [1.29, 1.82) is 0 Å². The SMILES string of the molecule is OC(CNc1ncc(Br)cc1Br)c1ccsc1. The fraction of sp³-hybridized carbons (Fsp3) is 0.182. The van der Waals surface area contributed by atoms with Crippen LogP contribution in [0.5, 0.6) is 0 Å². The molecular weight excluding hydrogens is 368 g/mol. The lowest BCUT2D eigenvalue weighted by atomic mass is 10.2. The Kier molecular flexibility index (Phi) is 4.55. The molecule has 0 aliphatic heterocycles. The number of aromatic nitrogens is 1. The Hall–Kier alpha value is -0.430. The number of anilines is 1. The number of pyridine rings is 1. The summed E-state index contributed by atoms with van der Waals surface area (Å²) in [4.78, 5) is 4.22. The number of hydrogen-bond acceptors (Lipinski definition) is 4. The minimum Gasteiger partial charge on any atom is -0.387 e. The van der Waals surface area contributed by atoms with Crippen LogP contribution in [-0.2, 0) is 0 Å². The third-order valence-corrected chi connectivity index (χ3v) is 3.94. The highest BCUT2D eigenvalue weighted by atomic mass is 79.9. The first kappa shape index (κ1) is 13.0. The first-order valence-electron chi connectivity index (χ1n) is 4.92. The highest BCUT2D eigenvalue weighted by Crippen LogP contribution is 2.24. The molecule has 6 heteroatoms. The summed E-state index contributed by atoms with van der Waals surface area (Å²) in [7, 11) is 0. The molecule has 0 radical (unpaired) electrons. The summed E-state index contributed by atoms with van der Waals surface area (Å²) in [6.07, 6.45) is 1.20. The number of nitrogens with one attached hydrogen (secondary N) is 1. The third kappa shape index (κ3) is 3.51. The second-order valence-electron chi connectivity index (χ2n) is 3.44. The van der Waals surface area contributed by atoms with Gasteiger partial charge in [-0.2, -0.15) is 11.3 Å². The van der Waals surface area contributed by atoms with Gasteiger partial charge in [0.25, 0.3) is 0 Å². The van der Waals surface area contributed by atoms with E-state index in [0.29, 0.717) is 6.54 Å². The minimum atomic E-state index is -0.515. The summed E-state index contributed by atoms with van der Waals surface area (Å²) in [5.41, 5.74) is 0.927. The van der Waals surface area contributed by atoms with Crippen LogP contribution < -0.4 is 5.32 Å². The third-order valence-electron chi connectivity index (χ3n) is 2.20. The van der Waals surface area contributed by atoms with Crippen molar-refractivity contribution >= 4 is 49.0 Å². The summed E-state index contributed by atoms with van der Waals surface area (Å²) >= 11 is 8.33. The first-order chi connectivity index (χ1) is 8.16. The monoisotopic (exact) mass is 376 g/mol. The smallest absolute Gasteiger partial charge is 0.140 e. The molecule has 2 rings (SSSR count). The van der Waals surface area contributed by atoms with Gasteiger partial charge in [-0.05, 0) is 60.3 Å². The minimum absolute atomic E-state index is 0.434. The fourth-order valence-electron chi connectivity index (χ4n) is 1.32. The molecule has 0 saturated carbocycles. The lowest BCUT2D eigenvalue weighted by Crippen LogP contribution is -2.12. The second kappa shape index (κ2) is 5.95. The Balaban J connectivity index is 1.98. The number of nitrogens with zero attached hydrogens (tertiary/aromatic N) is 1. The fourth-order valence-corrected chi connectivity index (χ4v) is 3.16. The number of aliphatic hydroxyl groups is 1. The standard InChI is InChI=1S/C11H10Br2N2OS/c12-8-3-9(13)11(14-4-8)15-5-10(16)7-1-2-17-6-7/h1-4,6,10,16H,5H2,(H,14,15). The van der Waals surface area contributed by atoms with Crippen molar-refractivity contribution in [2.75, 3.05) is 11.9 Å². The molecule has 17 heavy (non-hydrogen) atoms. The zero-order chi connectivity index (χ0) is 12.3. The van der Waals surface area contributed by atoms with Gasteiger partial charge < -0.3 is 10.4 Å². The van der Waals surface area contributed by atoms with Gasteiger partial charge in [0, 0.05) is 17.2 Å². The van der Waals surface area contributed by atoms with Crippen LogP contribution in [0, 0.1) is 0 Å². The predicted octanol–water partition coefficient (Wildman–Crippen LogP) is 3.81. The molecule has 2 aromatic rings. The Labute approximate surface area is 120 Å². The summed E-state index contributed by atoms with van der Waals surface area (Å²) < 4.78 is 1.78. The molecule has 0 amide bonds. The van der Waals surface area contributed by atoms with E-state index < -0.39 is 6.10 Å². The Morgan fingerprint density at radius 2 is 2.29 bits per heavy atom. The molecule has 0 saturated heterocycles. The van der Waals surface area contributed by atoms with Gasteiger partial charge in [-0.25, -0.2) is 4.98 Å². The molecule has 0 aromatic carbocycles. The van der Waals surface area contributed by atoms with Gasteiger partial charge in [0.15, 0.2) is 0 Å². The molecule has 2 N–H and O–H groups in total. The molecule has 3 nitrogen and oxygen atoms in total. The van der Waals surface area contributed by atoms with Crippen molar-refractivity contribution in [2.24, 2.45) is 0 Å². The number of thiophene rings is 1. The van der Waals surface area contributed by atoms with Crippen LogP contribution in [-0.4, -0.2) is 16.6 Å². The van der Waals surface area contributed by atoms with E-state index in [1.54, 1.807) is 17.5 Å². The van der Waals surface area contributed by atoms with Crippen molar-refractivity contribution in [1.82, 2.24) is 4.98 Å². The van der Waals surface area contributed by atoms with E-state index in [4.69, 9.17) is 0 Å². The normalized spacial score (nSPS) is 12.4.